The fraction of sp³-hybridized carbons (Fsp3) is 0.938. The summed E-state index contributed by atoms with van der Waals surface area (Å²) in [4.78, 5) is 16.7. The van der Waals surface area contributed by atoms with Crippen LogP contribution in [0.25, 0.3) is 0 Å². The lowest BCUT2D eigenvalue weighted by atomic mass is 9.83. The van der Waals surface area contributed by atoms with Crippen LogP contribution in [0.2, 0.25) is 0 Å². The fourth-order valence-corrected chi connectivity index (χ4v) is 3.73. The van der Waals surface area contributed by atoms with Gasteiger partial charge in [0, 0.05) is 25.7 Å². The maximum absolute atomic E-state index is 12.4. The number of hydrogen-bond donors (Lipinski definition) is 1. The highest BCUT2D eigenvalue weighted by Crippen LogP contribution is 2.37. The highest BCUT2D eigenvalue weighted by atomic mass is 16.6. The molecule has 2 aliphatic rings. The molecule has 0 saturated carbocycles. The molecule has 5 nitrogen and oxygen atoms in total. The van der Waals surface area contributed by atoms with Gasteiger partial charge in [0.1, 0.15) is 5.60 Å². The number of rotatable bonds is 2. The maximum Gasteiger partial charge on any atom is 0.410 e. The lowest BCUT2D eigenvalue weighted by molar-refractivity contribution is -0.00804. The Morgan fingerprint density at radius 1 is 1.38 bits per heavy atom. The van der Waals surface area contributed by atoms with Gasteiger partial charge in [-0.25, -0.2) is 4.79 Å². The zero-order valence-electron chi connectivity index (χ0n) is 14.0. The Morgan fingerprint density at radius 3 is 2.71 bits per heavy atom. The largest absolute Gasteiger partial charge is 0.444 e. The highest BCUT2D eigenvalue weighted by molar-refractivity contribution is 5.68. The van der Waals surface area contributed by atoms with Gasteiger partial charge in [-0.1, -0.05) is 6.92 Å². The number of nitrogens with zero attached hydrogens (tertiary/aromatic N) is 2. The van der Waals surface area contributed by atoms with Crippen LogP contribution in [0.5, 0.6) is 0 Å². The maximum atomic E-state index is 12.4. The number of carbonyl (C=O) groups is 1. The van der Waals surface area contributed by atoms with Crippen molar-refractivity contribution in [2.75, 3.05) is 26.2 Å². The van der Waals surface area contributed by atoms with E-state index in [9.17, 15) is 4.79 Å². The predicted octanol–water partition coefficient (Wildman–Crippen LogP) is 2.20. The molecule has 122 valence electrons. The molecule has 2 fully saturated rings. The van der Waals surface area contributed by atoms with Crippen LogP contribution < -0.4 is 5.73 Å². The topological polar surface area (TPSA) is 58.8 Å². The van der Waals surface area contributed by atoms with Crippen molar-refractivity contribution in [3.05, 3.63) is 0 Å². The molecule has 2 N–H and O–H groups in total. The van der Waals surface area contributed by atoms with Gasteiger partial charge in [0.2, 0.25) is 0 Å². The summed E-state index contributed by atoms with van der Waals surface area (Å²) in [5, 5.41) is 0. The van der Waals surface area contributed by atoms with Crippen LogP contribution >= 0.6 is 0 Å². The number of hydrogen-bond acceptors (Lipinski definition) is 4. The standard InChI is InChI=1S/C16H31N3O2/c1-5-9-19-11-7-13(17)16(19)8-6-10-18(12-16)14(20)21-15(2,3)4/h13H,5-12,17H2,1-4H3. The van der Waals surface area contributed by atoms with Gasteiger partial charge >= 0.3 is 6.09 Å². The van der Waals surface area contributed by atoms with Gasteiger partial charge < -0.3 is 15.4 Å². The van der Waals surface area contributed by atoms with Crippen molar-refractivity contribution in [3.8, 4) is 0 Å². The zero-order valence-corrected chi connectivity index (χ0v) is 14.0. The smallest absolute Gasteiger partial charge is 0.410 e. The van der Waals surface area contributed by atoms with Gasteiger partial charge in [-0.2, -0.15) is 0 Å². The molecule has 1 amide bonds. The van der Waals surface area contributed by atoms with Crippen molar-refractivity contribution in [1.82, 2.24) is 9.80 Å². The molecule has 2 rings (SSSR count). The van der Waals surface area contributed by atoms with E-state index in [2.05, 4.69) is 11.8 Å². The molecule has 0 aromatic rings. The molecule has 5 heteroatoms. The van der Waals surface area contributed by atoms with Gasteiger partial charge in [-0.15, -0.1) is 0 Å². The van der Waals surface area contributed by atoms with Crippen molar-refractivity contribution in [3.63, 3.8) is 0 Å². The molecule has 1 spiro atoms. The molecule has 0 aromatic heterocycles. The minimum atomic E-state index is -0.442. The average Bonchev–Trinajstić information content (AvgIpc) is 2.67. The zero-order chi connectivity index (χ0) is 15.7. The predicted molar refractivity (Wildman–Crippen MR) is 84.2 cm³/mol. The normalized spacial score (nSPS) is 30.9. The molecule has 2 saturated heterocycles. The summed E-state index contributed by atoms with van der Waals surface area (Å²) in [7, 11) is 0. The Labute approximate surface area is 128 Å². The first-order valence-corrected chi connectivity index (χ1v) is 8.27. The fourth-order valence-electron chi connectivity index (χ4n) is 3.73. The van der Waals surface area contributed by atoms with E-state index in [-0.39, 0.29) is 17.7 Å². The van der Waals surface area contributed by atoms with Crippen LogP contribution in [0.15, 0.2) is 0 Å². The summed E-state index contributed by atoms with van der Waals surface area (Å²) in [6, 6.07) is 0.161. The van der Waals surface area contributed by atoms with Crippen molar-refractivity contribution >= 4 is 6.09 Å². The average molecular weight is 297 g/mol. The van der Waals surface area contributed by atoms with Crippen LogP contribution in [0, 0.1) is 0 Å². The number of likely N-dealkylation sites (tertiary alicyclic amines) is 2. The Balaban J connectivity index is 2.10. The van der Waals surface area contributed by atoms with E-state index < -0.39 is 5.60 Å². The third kappa shape index (κ3) is 3.51. The van der Waals surface area contributed by atoms with Gasteiger partial charge in [0.25, 0.3) is 0 Å². The summed E-state index contributed by atoms with van der Waals surface area (Å²) in [5.74, 6) is 0. The monoisotopic (exact) mass is 297 g/mol. The molecule has 2 heterocycles. The highest BCUT2D eigenvalue weighted by Gasteiger charge is 2.50. The first-order chi connectivity index (χ1) is 9.78. The van der Waals surface area contributed by atoms with Crippen molar-refractivity contribution in [2.24, 2.45) is 5.73 Å². The van der Waals surface area contributed by atoms with Crippen molar-refractivity contribution in [2.45, 2.75) is 70.6 Å². The van der Waals surface area contributed by atoms with E-state index in [1.165, 1.54) is 0 Å². The SMILES string of the molecule is CCCN1CCC(N)C12CCCN(C(=O)OC(C)(C)C)C2. The lowest BCUT2D eigenvalue weighted by Crippen LogP contribution is -2.63. The summed E-state index contributed by atoms with van der Waals surface area (Å²) < 4.78 is 5.54. The Morgan fingerprint density at radius 2 is 2.10 bits per heavy atom. The number of carbonyl (C=O) groups excluding carboxylic acids is 1. The van der Waals surface area contributed by atoms with Crippen LogP contribution in [0.3, 0.4) is 0 Å². The third-order valence-corrected chi connectivity index (χ3v) is 4.68. The Bertz CT molecular complexity index is 378. The summed E-state index contributed by atoms with van der Waals surface area (Å²) in [6.45, 7) is 11.5. The van der Waals surface area contributed by atoms with Crippen LogP contribution in [-0.2, 0) is 4.74 Å². The molecule has 0 bridgehead atoms. The van der Waals surface area contributed by atoms with Crippen molar-refractivity contribution in [1.29, 1.82) is 0 Å². The number of amides is 1. The van der Waals surface area contributed by atoms with Gasteiger partial charge in [-0.05, 0) is 53.0 Å². The second kappa shape index (κ2) is 6.13. The molecule has 0 aromatic carbocycles. The molecular formula is C16H31N3O2. The molecule has 2 aliphatic heterocycles. The summed E-state index contributed by atoms with van der Waals surface area (Å²) in [5.41, 5.74) is 5.96. The van der Waals surface area contributed by atoms with E-state index >= 15 is 0 Å². The first-order valence-electron chi connectivity index (χ1n) is 8.27. The molecular weight excluding hydrogens is 266 g/mol. The summed E-state index contributed by atoms with van der Waals surface area (Å²) in [6.07, 6.45) is 4.06. The molecule has 0 radical (unpaired) electrons. The molecule has 2 unspecified atom stereocenters. The van der Waals surface area contributed by atoms with Crippen LogP contribution in [0.1, 0.15) is 53.4 Å². The minimum Gasteiger partial charge on any atom is -0.444 e. The second-order valence-electron chi connectivity index (χ2n) is 7.49. The van der Waals surface area contributed by atoms with Crippen molar-refractivity contribution < 1.29 is 9.53 Å². The Hall–Kier alpha value is -0.810. The third-order valence-electron chi connectivity index (χ3n) is 4.68. The van der Waals surface area contributed by atoms with E-state index in [0.29, 0.717) is 6.54 Å². The Kier molecular flexibility index (Phi) is 4.83. The van der Waals surface area contributed by atoms with Gasteiger partial charge in [0.05, 0.1) is 5.54 Å². The van der Waals surface area contributed by atoms with E-state index in [4.69, 9.17) is 10.5 Å². The van der Waals surface area contributed by atoms with E-state index in [0.717, 1.165) is 45.3 Å². The van der Waals surface area contributed by atoms with Gasteiger partial charge in [0.15, 0.2) is 0 Å². The molecule has 21 heavy (non-hydrogen) atoms. The molecule has 2 atom stereocenters. The molecule has 0 aliphatic carbocycles. The van der Waals surface area contributed by atoms with Crippen LogP contribution in [0.4, 0.5) is 4.79 Å². The number of ether oxygens (including phenoxy) is 1. The van der Waals surface area contributed by atoms with E-state index in [1.54, 1.807) is 0 Å². The second-order valence-corrected chi connectivity index (χ2v) is 7.49. The van der Waals surface area contributed by atoms with Gasteiger partial charge in [-0.3, -0.25) is 4.90 Å². The summed E-state index contributed by atoms with van der Waals surface area (Å²) >= 11 is 0. The number of piperidine rings is 1. The number of nitrogens with two attached hydrogens (primary N) is 1. The lowest BCUT2D eigenvalue weighted by Gasteiger charge is -2.48. The van der Waals surface area contributed by atoms with Crippen LogP contribution in [-0.4, -0.2) is 59.3 Å². The van der Waals surface area contributed by atoms with E-state index in [1.807, 2.05) is 25.7 Å². The quantitative estimate of drug-likeness (QED) is 0.849. The minimum absolute atomic E-state index is 0.0365. The first kappa shape index (κ1) is 16.6.